The lowest BCUT2D eigenvalue weighted by Crippen LogP contribution is -2.35. The van der Waals surface area contributed by atoms with E-state index in [0.717, 1.165) is 49.5 Å². The molecule has 1 atom stereocenters. The smallest absolute Gasteiger partial charge is 0.246 e. The number of anilines is 1. The Morgan fingerprint density at radius 2 is 1.76 bits per heavy atom. The monoisotopic (exact) mass is 409 g/mol. The third kappa shape index (κ3) is 5.21. The number of carbonyl (C=O) groups is 1. The molecule has 4 rings (SSSR count). The van der Waals surface area contributed by atoms with Gasteiger partial charge in [0.15, 0.2) is 0 Å². The number of benzene rings is 2. The molecule has 4 nitrogen and oxygen atoms in total. The Balaban J connectivity index is 1.47. The minimum atomic E-state index is -0.219. The first-order valence-corrected chi connectivity index (χ1v) is 11.9. The van der Waals surface area contributed by atoms with Crippen LogP contribution in [0, 0.1) is 6.92 Å². The summed E-state index contributed by atoms with van der Waals surface area (Å²) in [6.07, 6.45) is 2.33. The van der Waals surface area contributed by atoms with E-state index in [1.165, 1.54) is 29.9 Å². The van der Waals surface area contributed by atoms with Gasteiger partial charge in [0.2, 0.25) is 5.91 Å². The summed E-state index contributed by atoms with van der Waals surface area (Å²) in [5, 5.41) is 3.22. The van der Waals surface area contributed by atoms with Crippen LogP contribution in [0.5, 0.6) is 0 Å². The molecule has 0 spiro atoms. The Labute approximate surface area is 178 Å². The Morgan fingerprint density at radius 3 is 2.45 bits per heavy atom. The fourth-order valence-electron chi connectivity index (χ4n) is 4.35. The van der Waals surface area contributed by atoms with Gasteiger partial charge in [-0.2, -0.15) is 11.8 Å². The lowest BCUT2D eigenvalue weighted by molar-refractivity contribution is -0.121. The van der Waals surface area contributed by atoms with Crippen molar-refractivity contribution in [3.05, 3.63) is 65.2 Å². The van der Waals surface area contributed by atoms with E-state index < -0.39 is 0 Å². The zero-order chi connectivity index (χ0) is 20.1. The summed E-state index contributed by atoms with van der Waals surface area (Å²) in [6, 6.07) is 16.4. The first kappa shape index (κ1) is 20.5. The second kappa shape index (κ2) is 9.79. The van der Waals surface area contributed by atoms with Crippen LogP contribution in [0.25, 0.3) is 0 Å². The van der Waals surface area contributed by atoms with Crippen LogP contribution in [-0.4, -0.2) is 53.4 Å². The Hall–Kier alpha value is -1.82. The van der Waals surface area contributed by atoms with Crippen molar-refractivity contribution in [1.82, 2.24) is 9.80 Å². The zero-order valence-corrected chi connectivity index (χ0v) is 18.1. The van der Waals surface area contributed by atoms with Crippen molar-refractivity contribution in [2.75, 3.05) is 43.0 Å². The average Bonchev–Trinajstić information content (AvgIpc) is 3.26. The molecule has 0 aliphatic carbocycles. The predicted octanol–water partition coefficient (Wildman–Crippen LogP) is 4.32. The number of aryl methyl sites for hydroxylation is 1. The molecule has 2 aromatic rings. The van der Waals surface area contributed by atoms with Gasteiger partial charge in [0.05, 0.1) is 0 Å². The molecule has 2 aliphatic rings. The summed E-state index contributed by atoms with van der Waals surface area (Å²) in [5.41, 5.74) is 4.46. The topological polar surface area (TPSA) is 35.6 Å². The third-order valence-electron chi connectivity index (χ3n) is 5.93. The summed E-state index contributed by atoms with van der Waals surface area (Å²) in [5.74, 6) is 2.52. The molecular formula is C24H31N3OS. The number of carbonyl (C=O) groups excluding carboxylic acids is 1. The normalized spacial score (nSPS) is 19.2. The second-order valence-electron chi connectivity index (χ2n) is 8.08. The van der Waals surface area contributed by atoms with Crippen molar-refractivity contribution >= 4 is 23.4 Å². The molecular weight excluding hydrogens is 378 g/mol. The van der Waals surface area contributed by atoms with Gasteiger partial charge < -0.3 is 5.32 Å². The zero-order valence-electron chi connectivity index (χ0n) is 17.3. The molecule has 2 aromatic carbocycles. The minimum absolute atomic E-state index is 0.0713. The molecule has 29 heavy (non-hydrogen) atoms. The predicted molar refractivity (Wildman–Crippen MR) is 122 cm³/mol. The summed E-state index contributed by atoms with van der Waals surface area (Å²) < 4.78 is 0. The molecule has 154 valence electrons. The van der Waals surface area contributed by atoms with E-state index in [9.17, 15) is 4.79 Å². The quantitative estimate of drug-likeness (QED) is 0.771. The van der Waals surface area contributed by atoms with Gasteiger partial charge in [-0.15, -0.1) is 0 Å². The van der Waals surface area contributed by atoms with Crippen molar-refractivity contribution in [1.29, 1.82) is 0 Å². The van der Waals surface area contributed by atoms with Gasteiger partial charge in [0.1, 0.15) is 6.04 Å². The van der Waals surface area contributed by atoms with Gasteiger partial charge in [0, 0.05) is 36.8 Å². The second-order valence-corrected chi connectivity index (χ2v) is 9.31. The molecule has 0 aromatic heterocycles. The van der Waals surface area contributed by atoms with E-state index in [1.807, 2.05) is 30.0 Å². The van der Waals surface area contributed by atoms with Crippen LogP contribution >= 0.6 is 11.8 Å². The van der Waals surface area contributed by atoms with E-state index in [1.54, 1.807) is 0 Å². The molecule has 2 aliphatic heterocycles. The summed E-state index contributed by atoms with van der Waals surface area (Å²) >= 11 is 2.04. The van der Waals surface area contributed by atoms with Gasteiger partial charge in [0.25, 0.3) is 0 Å². The molecule has 5 heteroatoms. The number of likely N-dealkylation sites (tertiary alicyclic amines) is 1. The van der Waals surface area contributed by atoms with Crippen LogP contribution in [0.2, 0.25) is 0 Å². The number of thioether (sulfide) groups is 1. The summed E-state index contributed by atoms with van der Waals surface area (Å²) in [4.78, 5) is 18.1. The Bertz CT molecular complexity index is 814. The third-order valence-corrected chi connectivity index (χ3v) is 6.87. The molecule has 2 saturated heterocycles. The highest BCUT2D eigenvalue weighted by molar-refractivity contribution is 7.99. The molecule has 1 amide bonds. The molecule has 1 N–H and O–H groups in total. The van der Waals surface area contributed by atoms with E-state index in [4.69, 9.17) is 0 Å². The van der Waals surface area contributed by atoms with Crippen molar-refractivity contribution in [3.8, 4) is 0 Å². The first-order chi connectivity index (χ1) is 14.2. The molecule has 0 saturated carbocycles. The highest BCUT2D eigenvalue weighted by Gasteiger charge is 2.29. The SMILES string of the molecule is Cc1cc(CN2CCSCC2)ccc1NC(=O)C(c1ccccc1)N1CCCC1. The Kier molecular flexibility index (Phi) is 6.90. The Morgan fingerprint density at radius 1 is 1.03 bits per heavy atom. The molecule has 0 radical (unpaired) electrons. The average molecular weight is 410 g/mol. The first-order valence-electron chi connectivity index (χ1n) is 10.7. The van der Waals surface area contributed by atoms with Gasteiger partial charge in [-0.05, 0) is 55.6 Å². The number of nitrogens with zero attached hydrogens (tertiary/aromatic N) is 2. The fourth-order valence-corrected chi connectivity index (χ4v) is 5.32. The molecule has 2 fully saturated rings. The summed E-state index contributed by atoms with van der Waals surface area (Å²) in [7, 11) is 0. The van der Waals surface area contributed by atoms with Crippen LogP contribution in [0.3, 0.4) is 0 Å². The minimum Gasteiger partial charge on any atom is -0.324 e. The molecule has 2 heterocycles. The van der Waals surface area contributed by atoms with Gasteiger partial charge in [-0.25, -0.2) is 0 Å². The number of hydrogen-bond donors (Lipinski definition) is 1. The van der Waals surface area contributed by atoms with Crippen molar-refractivity contribution < 1.29 is 4.79 Å². The highest BCUT2D eigenvalue weighted by Crippen LogP contribution is 2.28. The maximum Gasteiger partial charge on any atom is 0.246 e. The van der Waals surface area contributed by atoms with Crippen LogP contribution in [0.1, 0.15) is 35.6 Å². The van der Waals surface area contributed by atoms with Gasteiger partial charge in [-0.3, -0.25) is 14.6 Å². The van der Waals surface area contributed by atoms with E-state index >= 15 is 0 Å². The standard InChI is InChI=1S/C24H31N3OS/c1-19-17-20(18-26-13-15-29-16-14-26)9-10-22(19)25-24(28)23(27-11-5-6-12-27)21-7-3-2-4-8-21/h2-4,7-10,17,23H,5-6,11-16,18H2,1H3,(H,25,28). The van der Waals surface area contributed by atoms with Crippen molar-refractivity contribution in [2.45, 2.75) is 32.4 Å². The van der Waals surface area contributed by atoms with Gasteiger partial charge >= 0.3 is 0 Å². The van der Waals surface area contributed by atoms with Crippen LogP contribution < -0.4 is 5.32 Å². The van der Waals surface area contributed by atoms with E-state index in [0.29, 0.717) is 0 Å². The van der Waals surface area contributed by atoms with Gasteiger partial charge in [-0.1, -0.05) is 42.5 Å². The highest BCUT2D eigenvalue weighted by atomic mass is 32.2. The maximum absolute atomic E-state index is 13.3. The van der Waals surface area contributed by atoms with E-state index in [-0.39, 0.29) is 11.9 Å². The van der Waals surface area contributed by atoms with Crippen molar-refractivity contribution in [3.63, 3.8) is 0 Å². The molecule has 1 unspecified atom stereocenters. The maximum atomic E-state index is 13.3. The van der Waals surface area contributed by atoms with Crippen molar-refractivity contribution in [2.24, 2.45) is 0 Å². The summed E-state index contributed by atoms with van der Waals surface area (Å²) in [6.45, 7) is 7.39. The lowest BCUT2D eigenvalue weighted by atomic mass is 10.0. The fraction of sp³-hybridized carbons (Fsp3) is 0.458. The number of nitrogens with one attached hydrogen (secondary N) is 1. The molecule has 0 bridgehead atoms. The number of hydrogen-bond acceptors (Lipinski definition) is 4. The lowest BCUT2D eigenvalue weighted by Gasteiger charge is -2.28. The van der Waals surface area contributed by atoms with Crippen LogP contribution in [0.4, 0.5) is 5.69 Å². The van der Waals surface area contributed by atoms with Crippen LogP contribution in [-0.2, 0) is 11.3 Å². The largest absolute Gasteiger partial charge is 0.324 e. The van der Waals surface area contributed by atoms with Crippen LogP contribution in [0.15, 0.2) is 48.5 Å². The number of amides is 1. The number of rotatable bonds is 6. The van der Waals surface area contributed by atoms with E-state index in [2.05, 4.69) is 52.4 Å².